The van der Waals surface area contributed by atoms with Crippen molar-refractivity contribution in [3.63, 3.8) is 0 Å². The Kier molecular flexibility index (Phi) is 3.24. The summed E-state index contributed by atoms with van der Waals surface area (Å²) < 4.78 is 22.4. The smallest absolute Gasteiger partial charge is 0.231 e. The fourth-order valence-electron chi connectivity index (χ4n) is 3.94. The minimum atomic E-state index is 0.206. The van der Waals surface area contributed by atoms with Gasteiger partial charge in [-0.25, -0.2) is 0 Å². The summed E-state index contributed by atoms with van der Waals surface area (Å²) in [6.45, 7) is 5.60. The Balaban J connectivity index is 1.29. The first kappa shape index (κ1) is 14.2. The van der Waals surface area contributed by atoms with E-state index in [0.29, 0.717) is 31.1 Å². The van der Waals surface area contributed by atoms with E-state index in [9.17, 15) is 0 Å². The summed E-state index contributed by atoms with van der Waals surface area (Å²) in [6.07, 6.45) is 0.246. The molecule has 1 aromatic heterocycles. The van der Waals surface area contributed by atoms with Crippen molar-refractivity contribution < 1.29 is 18.6 Å². The van der Waals surface area contributed by atoms with Crippen molar-refractivity contribution in [1.82, 2.24) is 15.1 Å². The molecule has 2 fully saturated rings. The van der Waals surface area contributed by atoms with Gasteiger partial charge in [0.2, 0.25) is 18.6 Å². The first-order valence-electron chi connectivity index (χ1n) is 8.29. The topological polar surface area (TPSA) is 69.9 Å². The van der Waals surface area contributed by atoms with Crippen LogP contribution in [0.25, 0.3) is 0 Å². The second-order valence-electron chi connectivity index (χ2n) is 6.68. The minimum Gasteiger partial charge on any atom is -0.454 e. The summed E-state index contributed by atoms with van der Waals surface area (Å²) in [5.74, 6) is 3.61. The molecule has 0 amide bonds. The molecule has 126 valence electrons. The van der Waals surface area contributed by atoms with Gasteiger partial charge in [-0.15, -0.1) is 10.2 Å². The maximum atomic E-state index is 5.98. The van der Waals surface area contributed by atoms with Gasteiger partial charge in [0, 0.05) is 32.5 Å². The van der Waals surface area contributed by atoms with Crippen LogP contribution in [-0.2, 0) is 11.3 Å². The molecule has 3 aliphatic rings. The van der Waals surface area contributed by atoms with Crippen LogP contribution in [0.1, 0.15) is 23.3 Å². The summed E-state index contributed by atoms with van der Waals surface area (Å²) in [7, 11) is 0. The standard InChI is InChI=1S/C17H19N3O4/c1-10-18-19-17(24-10)13-8-21-16-7-20(6-12(13)16)5-11-2-3-14-15(4-11)23-9-22-14/h2-4,12-13,16H,5-9H2,1H3/t12-,13+,16-/m1/s1. The van der Waals surface area contributed by atoms with Gasteiger partial charge in [-0.2, -0.15) is 0 Å². The van der Waals surface area contributed by atoms with Gasteiger partial charge in [-0.3, -0.25) is 4.90 Å². The number of benzene rings is 1. The molecule has 3 aliphatic heterocycles. The Labute approximate surface area is 139 Å². The summed E-state index contributed by atoms with van der Waals surface area (Å²) in [5, 5.41) is 8.14. The quantitative estimate of drug-likeness (QED) is 0.849. The van der Waals surface area contributed by atoms with Gasteiger partial charge in [-0.1, -0.05) is 6.07 Å². The normalized spacial score (nSPS) is 28.5. The monoisotopic (exact) mass is 329 g/mol. The van der Waals surface area contributed by atoms with Gasteiger partial charge in [0.05, 0.1) is 18.6 Å². The van der Waals surface area contributed by atoms with E-state index in [2.05, 4.69) is 27.2 Å². The molecule has 4 heterocycles. The highest BCUT2D eigenvalue weighted by Gasteiger charge is 2.46. The van der Waals surface area contributed by atoms with E-state index in [4.69, 9.17) is 18.6 Å². The van der Waals surface area contributed by atoms with E-state index in [1.165, 1.54) is 5.56 Å². The first-order chi connectivity index (χ1) is 11.8. The second-order valence-corrected chi connectivity index (χ2v) is 6.68. The van der Waals surface area contributed by atoms with Crippen LogP contribution in [-0.4, -0.2) is 47.7 Å². The number of rotatable bonds is 3. The summed E-state index contributed by atoms with van der Waals surface area (Å²) in [4.78, 5) is 2.42. The van der Waals surface area contributed by atoms with E-state index in [-0.39, 0.29) is 12.0 Å². The number of hydrogen-bond acceptors (Lipinski definition) is 7. The zero-order valence-corrected chi connectivity index (χ0v) is 13.5. The Morgan fingerprint density at radius 2 is 2.08 bits per heavy atom. The largest absolute Gasteiger partial charge is 0.454 e. The number of hydrogen-bond donors (Lipinski definition) is 0. The van der Waals surface area contributed by atoms with E-state index in [0.717, 1.165) is 31.1 Å². The second kappa shape index (κ2) is 5.46. The minimum absolute atomic E-state index is 0.206. The van der Waals surface area contributed by atoms with Crippen LogP contribution in [0.15, 0.2) is 22.6 Å². The molecular formula is C17H19N3O4. The zero-order chi connectivity index (χ0) is 16.1. The van der Waals surface area contributed by atoms with E-state index < -0.39 is 0 Å². The molecule has 0 radical (unpaired) electrons. The molecule has 1 aromatic carbocycles. The van der Waals surface area contributed by atoms with Gasteiger partial charge in [0.25, 0.3) is 0 Å². The fourth-order valence-corrected chi connectivity index (χ4v) is 3.94. The molecule has 2 saturated heterocycles. The van der Waals surface area contributed by atoms with E-state index >= 15 is 0 Å². The molecule has 0 unspecified atom stereocenters. The molecule has 3 atom stereocenters. The van der Waals surface area contributed by atoms with E-state index in [1.54, 1.807) is 0 Å². The number of likely N-dealkylation sites (tertiary alicyclic amines) is 1. The van der Waals surface area contributed by atoms with Crippen molar-refractivity contribution >= 4 is 0 Å². The van der Waals surface area contributed by atoms with Gasteiger partial charge < -0.3 is 18.6 Å². The molecule has 2 aromatic rings. The zero-order valence-electron chi connectivity index (χ0n) is 13.5. The maximum Gasteiger partial charge on any atom is 0.231 e. The highest BCUT2D eigenvalue weighted by Crippen LogP contribution is 2.40. The van der Waals surface area contributed by atoms with Crippen molar-refractivity contribution in [2.24, 2.45) is 5.92 Å². The van der Waals surface area contributed by atoms with Gasteiger partial charge in [0.15, 0.2) is 11.5 Å². The Morgan fingerprint density at radius 3 is 2.96 bits per heavy atom. The summed E-state index contributed by atoms with van der Waals surface area (Å²) in [5.41, 5.74) is 1.23. The number of nitrogens with zero attached hydrogens (tertiary/aromatic N) is 3. The van der Waals surface area contributed by atoms with Crippen LogP contribution < -0.4 is 9.47 Å². The van der Waals surface area contributed by atoms with Crippen LogP contribution in [0.2, 0.25) is 0 Å². The van der Waals surface area contributed by atoms with Crippen molar-refractivity contribution in [2.75, 3.05) is 26.5 Å². The van der Waals surface area contributed by atoms with E-state index in [1.807, 2.05) is 13.0 Å². The number of ether oxygens (including phenoxy) is 3. The number of aromatic nitrogens is 2. The lowest BCUT2D eigenvalue weighted by Gasteiger charge is -2.18. The van der Waals surface area contributed by atoms with Crippen LogP contribution in [0.3, 0.4) is 0 Å². The molecule has 24 heavy (non-hydrogen) atoms. The summed E-state index contributed by atoms with van der Waals surface area (Å²) in [6, 6.07) is 6.15. The molecule has 5 rings (SSSR count). The third kappa shape index (κ3) is 2.35. The molecule has 0 N–H and O–H groups in total. The Morgan fingerprint density at radius 1 is 1.17 bits per heavy atom. The van der Waals surface area contributed by atoms with Gasteiger partial charge in [-0.05, 0) is 17.7 Å². The highest BCUT2D eigenvalue weighted by atomic mass is 16.7. The fraction of sp³-hybridized carbons (Fsp3) is 0.529. The molecular weight excluding hydrogens is 310 g/mol. The van der Waals surface area contributed by atoms with Crippen molar-refractivity contribution in [1.29, 1.82) is 0 Å². The lowest BCUT2D eigenvalue weighted by atomic mass is 9.93. The van der Waals surface area contributed by atoms with Gasteiger partial charge >= 0.3 is 0 Å². The molecule has 7 nitrogen and oxygen atoms in total. The van der Waals surface area contributed by atoms with Crippen molar-refractivity contribution in [3.05, 3.63) is 35.5 Å². The lowest BCUT2D eigenvalue weighted by Crippen LogP contribution is -2.23. The molecule has 0 aliphatic carbocycles. The van der Waals surface area contributed by atoms with Crippen molar-refractivity contribution in [3.8, 4) is 11.5 Å². The van der Waals surface area contributed by atoms with Crippen LogP contribution in [0.4, 0.5) is 0 Å². The highest BCUT2D eigenvalue weighted by molar-refractivity contribution is 5.44. The molecule has 7 heteroatoms. The average molecular weight is 329 g/mol. The molecule has 0 bridgehead atoms. The van der Waals surface area contributed by atoms with Crippen LogP contribution >= 0.6 is 0 Å². The summed E-state index contributed by atoms with van der Waals surface area (Å²) >= 11 is 0. The maximum absolute atomic E-state index is 5.98. The predicted molar refractivity (Wildman–Crippen MR) is 82.8 cm³/mol. The average Bonchev–Trinajstić information content (AvgIpc) is 3.30. The third-order valence-electron chi connectivity index (χ3n) is 5.09. The third-order valence-corrected chi connectivity index (χ3v) is 5.09. The molecule has 0 saturated carbocycles. The predicted octanol–water partition coefficient (Wildman–Crippen LogP) is 1.72. The van der Waals surface area contributed by atoms with Crippen molar-refractivity contribution in [2.45, 2.75) is 25.5 Å². The Bertz CT molecular complexity index is 762. The first-order valence-corrected chi connectivity index (χ1v) is 8.29. The number of aryl methyl sites for hydroxylation is 1. The van der Waals surface area contributed by atoms with Crippen LogP contribution in [0.5, 0.6) is 11.5 Å². The Hall–Kier alpha value is -2.12. The van der Waals surface area contributed by atoms with Gasteiger partial charge in [0.1, 0.15) is 0 Å². The SMILES string of the molecule is Cc1nnc([C@H]2CO[C@@H]3CN(Cc4ccc5c(c4)OCO5)C[C@H]23)o1. The van der Waals surface area contributed by atoms with Crippen LogP contribution in [0, 0.1) is 12.8 Å². The lowest BCUT2D eigenvalue weighted by molar-refractivity contribution is 0.0960. The number of fused-ring (bicyclic) bond motifs is 2. The molecule has 0 spiro atoms.